The van der Waals surface area contributed by atoms with Crippen LogP contribution in [0.4, 0.5) is 5.69 Å². The Labute approximate surface area is 191 Å². The molecule has 1 saturated carbocycles. The Balaban J connectivity index is 1.54. The van der Waals surface area contributed by atoms with Gasteiger partial charge < -0.3 is 19.3 Å². The molecule has 0 amide bonds. The molecule has 0 N–H and O–H groups in total. The van der Waals surface area contributed by atoms with E-state index in [0.717, 1.165) is 60.9 Å². The van der Waals surface area contributed by atoms with Gasteiger partial charge in [0.25, 0.3) is 0 Å². The number of hydrazone groups is 1. The molecule has 3 aliphatic rings. The summed E-state index contributed by atoms with van der Waals surface area (Å²) < 4.78 is 11.3. The maximum atomic E-state index is 5.64. The van der Waals surface area contributed by atoms with Crippen molar-refractivity contribution in [3.63, 3.8) is 0 Å². The molecule has 1 aliphatic carbocycles. The summed E-state index contributed by atoms with van der Waals surface area (Å²) in [6.07, 6.45) is 3.40. The highest BCUT2D eigenvalue weighted by Crippen LogP contribution is 2.37. The van der Waals surface area contributed by atoms with Crippen LogP contribution in [-0.4, -0.2) is 75.2 Å². The highest BCUT2D eigenvalue weighted by atomic mass is 16.5. The molecule has 0 radical (unpaired) electrons. The number of anilines is 1. The van der Waals surface area contributed by atoms with E-state index < -0.39 is 0 Å². The third-order valence-electron chi connectivity index (χ3n) is 6.98. The number of methoxy groups -OCH3 is 2. The van der Waals surface area contributed by atoms with Gasteiger partial charge in [0.2, 0.25) is 0 Å². The van der Waals surface area contributed by atoms with Crippen LogP contribution in [0.15, 0.2) is 41.5 Å². The zero-order valence-corrected chi connectivity index (χ0v) is 19.7. The second-order valence-corrected chi connectivity index (χ2v) is 9.31. The molecule has 1 saturated heterocycles. The van der Waals surface area contributed by atoms with Crippen LogP contribution in [0.2, 0.25) is 0 Å². The summed E-state index contributed by atoms with van der Waals surface area (Å²) in [5.41, 5.74) is 5.87. The Kier molecular flexibility index (Phi) is 5.72. The summed E-state index contributed by atoms with van der Waals surface area (Å²) in [6, 6.07) is 14.1. The first-order valence-electron chi connectivity index (χ1n) is 11.7. The van der Waals surface area contributed by atoms with Gasteiger partial charge in [-0.1, -0.05) is 12.1 Å². The van der Waals surface area contributed by atoms with E-state index in [1.54, 1.807) is 14.2 Å². The molecule has 0 spiro atoms. The van der Waals surface area contributed by atoms with E-state index in [1.807, 2.05) is 0 Å². The molecule has 6 heteroatoms. The van der Waals surface area contributed by atoms with Gasteiger partial charge in [0.15, 0.2) is 11.5 Å². The van der Waals surface area contributed by atoms with E-state index in [4.69, 9.17) is 14.6 Å². The number of hydrogen-bond acceptors (Lipinski definition) is 6. The monoisotopic (exact) mass is 434 g/mol. The van der Waals surface area contributed by atoms with Gasteiger partial charge in [-0.3, -0.25) is 5.01 Å². The fraction of sp³-hybridized carbons (Fsp3) is 0.500. The van der Waals surface area contributed by atoms with Gasteiger partial charge >= 0.3 is 0 Å². The quantitative estimate of drug-likeness (QED) is 0.719. The van der Waals surface area contributed by atoms with E-state index in [0.29, 0.717) is 12.1 Å². The van der Waals surface area contributed by atoms with Crippen molar-refractivity contribution < 1.29 is 9.47 Å². The van der Waals surface area contributed by atoms with E-state index in [-0.39, 0.29) is 0 Å². The van der Waals surface area contributed by atoms with Crippen LogP contribution >= 0.6 is 0 Å². The molecule has 0 aromatic heterocycles. The Hall–Kier alpha value is -2.73. The molecule has 1 atom stereocenters. The summed E-state index contributed by atoms with van der Waals surface area (Å²) in [5, 5.41) is 7.58. The molecule has 170 valence electrons. The van der Waals surface area contributed by atoms with Crippen molar-refractivity contribution >= 4 is 11.4 Å². The van der Waals surface area contributed by atoms with Crippen molar-refractivity contribution in [3.05, 3.63) is 53.1 Å². The molecule has 0 bridgehead atoms. The summed E-state index contributed by atoms with van der Waals surface area (Å²) in [7, 11) is 5.59. The molecular formula is C26H34N4O2. The molecule has 2 aromatic rings. The lowest BCUT2D eigenvalue weighted by Gasteiger charge is -2.34. The molecule has 2 aromatic carbocycles. The van der Waals surface area contributed by atoms with Crippen LogP contribution in [0.5, 0.6) is 11.5 Å². The Morgan fingerprint density at radius 3 is 2.19 bits per heavy atom. The molecule has 5 rings (SSSR count). The molecule has 1 unspecified atom stereocenters. The van der Waals surface area contributed by atoms with Crippen LogP contribution < -0.4 is 14.4 Å². The highest BCUT2D eigenvalue weighted by Gasteiger charge is 2.35. The summed E-state index contributed by atoms with van der Waals surface area (Å²) in [4.78, 5) is 4.86. The lowest BCUT2D eigenvalue weighted by atomic mass is 9.94. The van der Waals surface area contributed by atoms with Gasteiger partial charge in [0.1, 0.15) is 0 Å². The molecule has 2 heterocycles. The van der Waals surface area contributed by atoms with E-state index >= 15 is 0 Å². The predicted octanol–water partition coefficient (Wildman–Crippen LogP) is 3.62. The number of piperazine rings is 1. The molecular weight excluding hydrogens is 400 g/mol. The third-order valence-corrected chi connectivity index (χ3v) is 6.98. The summed E-state index contributed by atoms with van der Waals surface area (Å²) >= 11 is 0. The fourth-order valence-electron chi connectivity index (χ4n) is 4.88. The van der Waals surface area contributed by atoms with Crippen molar-refractivity contribution in [1.29, 1.82) is 0 Å². The second kappa shape index (κ2) is 8.66. The Morgan fingerprint density at radius 2 is 1.56 bits per heavy atom. The average molecular weight is 435 g/mol. The average Bonchev–Trinajstić information content (AvgIpc) is 3.66. The predicted molar refractivity (Wildman–Crippen MR) is 129 cm³/mol. The van der Waals surface area contributed by atoms with Crippen molar-refractivity contribution in [2.75, 3.05) is 52.3 Å². The van der Waals surface area contributed by atoms with Crippen molar-refractivity contribution in [2.45, 2.75) is 38.3 Å². The summed E-state index contributed by atoms with van der Waals surface area (Å²) in [6.45, 7) is 6.64. The number of likely N-dealkylation sites (N-methyl/N-ethyl adjacent to an activating group) is 1. The summed E-state index contributed by atoms with van der Waals surface area (Å²) in [5.74, 6) is 1.53. The van der Waals surface area contributed by atoms with Gasteiger partial charge in [-0.05, 0) is 63.1 Å². The smallest absolute Gasteiger partial charge is 0.161 e. The van der Waals surface area contributed by atoms with E-state index in [9.17, 15) is 0 Å². The highest BCUT2D eigenvalue weighted by molar-refractivity contribution is 6.14. The first kappa shape index (κ1) is 21.1. The molecule has 2 aliphatic heterocycles. The Bertz CT molecular complexity index is 992. The molecule has 6 nitrogen and oxygen atoms in total. The van der Waals surface area contributed by atoms with Crippen LogP contribution in [0.25, 0.3) is 0 Å². The number of rotatable bonds is 5. The van der Waals surface area contributed by atoms with Crippen LogP contribution in [0, 0.1) is 0 Å². The van der Waals surface area contributed by atoms with Crippen molar-refractivity contribution in [1.82, 2.24) is 9.91 Å². The zero-order valence-electron chi connectivity index (χ0n) is 19.7. The van der Waals surface area contributed by atoms with Gasteiger partial charge in [0.05, 0.1) is 19.9 Å². The lowest BCUT2D eigenvalue weighted by molar-refractivity contribution is 0.209. The molecule has 2 fully saturated rings. The number of nitrogens with zero attached hydrogens (tertiary/aromatic N) is 4. The normalized spacial score (nSPS) is 21.6. The van der Waals surface area contributed by atoms with Crippen LogP contribution in [0.3, 0.4) is 0 Å². The Morgan fingerprint density at radius 1 is 0.906 bits per heavy atom. The largest absolute Gasteiger partial charge is 0.493 e. The maximum absolute atomic E-state index is 5.64. The number of ether oxygens (including phenoxy) is 2. The van der Waals surface area contributed by atoms with Gasteiger partial charge in [0, 0.05) is 55.1 Å². The van der Waals surface area contributed by atoms with Gasteiger partial charge in [-0.15, -0.1) is 0 Å². The van der Waals surface area contributed by atoms with E-state index in [2.05, 4.69) is 65.2 Å². The van der Waals surface area contributed by atoms with Gasteiger partial charge in [-0.2, -0.15) is 5.10 Å². The van der Waals surface area contributed by atoms with Gasteiger partial charge in [-0.25, -0.2) is 0 Å². The topological polar surface area (TPSA) is 40.5 Å². The second-order valence-electron chi connectivity index (χ2n) is 9.31. The fourth-order valence-corrected chi connectivity index (χ4v) is 4.88. The first-order valence-corrected chi connectivity index (χ1v) is 11.7. The minimum Gasteiger partial charge on any atom is -0.493 e. The minimum atomic E-state index is 0.349. The number of benzene rings is 2. The minimum absolute atomic E-state index is 0.349. The maximum Gasteiger partial charge on any atom is 0.161 e. The number of fused-ring (bicyclic) bond motifs is 1. The molecule has 32 heavy (non-hydrogen) atoms. The van der Waals surface area contributed by atoms with E-state index in [1.165, 1.54) is 24.1 Å². The first-order chi connectivity index (χ1) is 15.6. The lowest BCUT2D eigenvalue weighted by Crippen LogP contribution is -2.44. The van der Waals surface area contributed by atoms with Crippen molar-refractivity contribution in [2.24, 2.45) is 5.10 Å². The number of hydrogen-bond donors (Lipinski definition) is 0. The third kappa shape index (κ3) is 4.04. The standard InChI is InChI=1S/C26H34N4O2/c1-18-15-20-16-24(31-3)25(32-4)17-23(20)26(27-30(18)22-9-10-22)19-5-7-21(8-6-19)29-13-11-28(2)12-14-29/h5-8,16-18,22H,9-15H2,1-4H3. The van der Waals surface area contributed by atoms with Crippen molar-refractivity contribution in [3.8, 4) is 11.5 Å². The van der Waals surface area contributed by atoms with Crippen LogP contribution in [-0.2, 0) is 6.42 Å². The zero-order chi connectivity index (χ0) is 22.2. The van der Waals surface area contributed by atoms with Crippen LogP contribution in [0.1, 0.15) is 36.5 Å². The SMILES string of the molecule is COc1cc2c(cc1OC)C(c1ccc(N3CCN(C)CC3)cc1)=NN(C1CC1)C(C)C2.